The van der Waals surface area contributed by atoms with E-state index in [2.05, 4.69) is 30.8 Å². The molecule has 3 rings (SSSR count). The van der Waals surface area contributed by atoms with Gasteiger partial charge in [0.2, 0.25) is 11.9 Å². The Bertz CT molecular complexity index is 591. The van der Waals surface area contributed by atoms with Crippen LogP contribution in [0.25, 0.3) is 0 Å². The van der Waals surface area contributed by atoms with Crippen molar-refractivity contribution < 1.29 is 4.79 Å². The smallest absolute Gasteiger partial charge is 0.226 e. The number of nitrogens with zero attached hydrogens (tertiary/aromatic N) is 3. The first-order valence-electron chi connectivity index (χ1n) is 6.17. The number of aromatic nitrogens is 4. The molecule has 19 heavy (non-hydrogen) atoms. The van der Waals surface area contributed by atoms with Gasteiger partial charge in [-0.25, -0.2) is 9.97 Å². The second-order valence-electron chi connectivity index (χ2n) is 4.38. The third kappa shape index (κ3) is 2.14. The van der Waals surface area contributed by atoms with Gasteiger partial charge in [-0.15, -0.1) is 0 Å². The number of carbonyl (C=O) groups excluding carboxylic acids is 1. The van der Waals surface area contributed by atoms with Gasteiger partial charge in [0.05, 0.1) is 6.20 Å². The van der Waals surface area contributed by atoms with E-state index in [-0.39, 0.29) is 11.8 Å². The zero-order valence-corrected chi connectivity index (χ0v) is 10.5. The lowest BCUT2D eigenvalue weighted by Gasteiger charge is -2.21. The molecule has 1 aliphatic rings. The van der Waals surface area contributed by atoms with Crippen molar-refractivity contribution in [3.63, 3.8) is 0 Å². The number of fused-ring (bicyclic) bond motifs is 1. The Hall–Kier alpha value is -2.44. The van der Waals surface area contributed by atoms with Crippen LogP contribution in [0.4, 0.5) is 11.8 Å². The molecule has 0 aliphatic carbocycles. The molecular weight excluding hydrogens is 244 g/mol. The minimum absolute atomic E-state index is 0.0301. The normalized spacial score (nSPS) is 17.7. The Balaban J connectivity index is 1.92. The third-order valence-corrected chi connectivity index (χ3v) is 3.11. The van der Waals surface area contributed by atoms with Gasteiger partial charge in [-0.2, -0.15) is 5.10 Å². The summed E-state index contributed by atoms with van der Waals surface area (Å²) in [4.78, 5) is 20.1. The number of aromatic amines is 1. The van der Waals surface area contributed by atoms with Crippen LogP contribution in [-0.4, -0.2) is 32.6 Å². The first kappa shape index (κ1) is 11.6. The maximum absolute atomic E-state index is 11.7. The van der Waals surface area contributed by atoms with E-state index in [1.807, 2.05) is 6.92 Å². The monoisotopic (exact) mass is 258 g/mol. The predicted octanol–water partition coefficient (Wildman–Crippen LogP) is 1.11. The summed E-state index contributed by atoms with van der Waals surface area (Å²) in [5.74, 6) is 1.19. The molecule has 0 radical (unpaired) electrons. The zero-order valence-electron chi connectivity index (χ0n) is 10.5. The molecule has 98 valence electrons. The largest absolute Gasteiger partial charge is 0.355 e. The number of carbonyl (C=O) groups is 1. The van der Waals surface area contributed by atoms with Crippen molar-refractivity contribution in [3.05, 3.63) is 29.7 Å². The summed E-state index contributed by atoms with van der Waals surface area (Å²) in [6.07, 6.45) is 5.63. The standard InChI is InChI=1S/C12H14N6O/c1-2-13-12-14-4-7(5-15-12)8-3-10(19)17-11-9(8)6-16-18-11/h4-6,8H,2-3H2,1H3,(H,13,14,15)(H2,16,17,18,19). The second-order valence-corrected chi connectivity index (χ2v) is 4.38. The molecule has 7 nitrogen and oxygen atoms in total. The van der Waals surface area contributed by atoms with Crippen LogP contribution in [-0.2, 0) is 4.79 Å². The minimum Gasteiger partial charge on any atom is -0.355 e. The Morgan fingerprint density at radius 3 is 2.89 bits per heavy atom. The number of nitrogens with one attached hydrogen (secondary N) is 3. The van der Waals surface area contributed by atoms with Gasteiger partial charge in [0.25, 0.3) is 0 Å². The van der Waals surface area contributed by atoms with E-state index in [1.165, 1.54) is 0 Å². The van der Waals surface area contributed by atoms with Crippen molar-refractivity contribution in [2.24, 2.45) is 0 Å². The Kier molecular flexibility index (Phi) is 2.86. The molecule has 0 fully saturated rings. The van der Waals surface area contributed by atoms with Crippen LogP contribution in [0.5, 0.6) is 0 Å². The lowest BCUT2D eigenvalue weighted by atomic mass is 9.89. The van der Waals surface area contributed by atoms with Crippen molar-refractivity contribution in [1.82, 2.24) is 20.2 Å². The molecule has 1 unspecified atom stereocenters. The van der Waals surface area contributed by atoms with Gasteiger partial charge >= 0.3 is 0 Å². The summed E-state index contributed by atoms with van der Waals surface area (Å²) >= 11 is 0. The van der Waals surface area contributed by atoms with Crippen LogP contribution in [0.3, 0.4) is 0 Å². The van der Waals surface area contributed by atoms with Crippen molar-refractivity contribution >= 4 is 17.7 Å². The average molecular weight is 258 g/mol. The molecule has 0 aromatic carbocycles. The van der Waals surface area contributed by atoms with Crippen LogP contribution in [0.2, 0.25) is 0 Å². The van der Waals surface area contributed by atoms with E-state index >= 15 is 0 Å². The Morgan fingerprint density at radius 2 is 2.16 bits per heavy atom. The highest BCUT2D eigenvalue weighted by Crippen LogP contribution is 2.35. The topological polar surface area (TPSA) is 95.6 Å². The van der Waals surface area contributed by atoms with Gasteiger partial charge in [-0.3, -0.25) is 9.89 Å². The first-order chi connectivity index (χ1) is 9.28. The molecule has 1 aliphatic heterocycles. The number of anilines is 2. The SMILES string of the molecule is CCNc1ncc(C2CC(=O)Nc3[nH]ncc32)cn1. The van der Waals surface area contributed by atoms with Gasteiger partial charge < -0.3 is 10.6 Å². The van der Waals surface area contributed by atoms with Crippen molar-refractivity contribution in [1.29, 1.82) is 0 Å². The van der Waals surface area contributed by atoms with E-state index in [0.29, 0.717) is 18.2 Å². The van der Waals surface area contributed by atoms with Crippen LogP contribution >= 0.6 is 0 Å². The Morgan fingerprint density at radius 1 is 1.37 bits per heavy atom. The van der Waals surface area contributed by atoms with Gasteiger partial charge in [0, 0.05) is 36.8 Å². The highest BCUT2D eigenvalue weighted by Gasteiger charge is 2.28. The van der Waals surface area contributed by atoms with E-state index in [9.17, 15) is 4.79 Å². The summed E-state index contributed by atoms with van der Waals surface area (Å²) in [6, 6.07) is 0. The Labute approximate surface area is 109 Å². The number of hydrogen-bond donors (Lipinski definition) is 3. The average Bonchev–Trinajstić information content (AvgIpc) is 2.87. The summed E-state index contributed by atoms with van der Waals surface area (Å²) in [5, 5.41) is 12.6. The van der Waals surface area contributed by atoms with E-state index in [1.54, 1.807) is 18.6 Å². The maximum Gasteiger partial charge on any atom is 0.226 e. The highest BCUT2D eigenvalue weighted by molar-refractivity contribution is 5.94. The van der Waals surface area contributed by atoms with Gasteiger partial charge in [-0.05, 0) is 12.5 Å². The van der Waals surface area contributed by atoms with Crippen LogP contribution in [0, 0.1) is 0 Å². The van der Waals surface area contributed by atoms with Crippen molar-refractivity contribution in [2.75, 3.05) is 17.2 Å². The predicted molar refractivity (Wildman–Crippen MR) is 69.9 cm³/mol. The van der Waals surface area contributed by atoms with Crippen LogP contribution < -0.4 is 10.6 Å². The summed E-state index contributed by atoms with van der Waals surface area (Å²) < 4.78 is 0. The molecule has 0 saturated heterocycles. The highest BCUT2D eigenvalue weighted by atomic mass is 16.1. The molecule has 2 aromatic heterocycles. The van der Waals surface area contributed by atoms with Crippen LogP contribution in [0.15, 0.2) is 18.6 Å². The number of H-pyrrole nitrogens is 1. The summed E-state index contributed by atoms with van der Waals surface area (Å²) in [6.45, 7) is 2.76. The molecule has 1 atom stereocenters. The lowest BCUT2D eigenvalue weighted by Crippen LogP contribution is -2.23. The molecule has 2 aromatic rings. The molecule has 3 heterocycles. The van der Waals surface area contributed by atoms with E-state index in [0.717, 1.165) is 17.7 Å². The third-order valence-electron chi connectivity index (χ3n) is 3.11. The van der Waals surface area contributed by atoms with Crippen molar-refractivity contribution in [3.8, 4) is 0 Å². The van der Waals surface area contributed by atoms with Gasteiger partial charge in [0.15, 0.2) is 0 Å². The summed E-state index contributed by atoms with van der Waals surface area (Å²) in [5.41, 5.74) is 1.89. The molecule has 1 amide bonds. The quantitative estimate of drug-likeness (QED) is 0.766. The molecular formula is C12H14N6O. The number of hydrogen-bond acceptors (Lipinski definition) is 5. The number of amides is 1. The van der Waals surface area contributed by atoms with Crippen LogP contribution in [0.1, 0.15) is 30.4 Å². The molecule has 0 spiro atoms. The first-order valence-corrected chi connectivity index (χ1v) is 6.17. The lowest BCUT2D eigenvalue weighted by molar-refractivity contribution is -0.116. The minimum atomic E-state index is -0.0434. The molecule has 3 N–H and O–H groups in total. The number of rotatable bonds is 3. The zero-order chi connectivity index (χ0) is 13.2. The fraction of sp³-hybridized carbons (Fsp3) is 0.333. The second kappa shape index (κ2) is 4.68. The van der Waals surface area contributed by atoms with Gasteiger partial charge in [-0.1, -0.05) is 0 Å². The summed E-state index contributed by atoms with van der Waals surface area (Å²) in [7, 11) is 0. The molecule has 0 bridgehead atoms. The molecule has 7 heteroatoms. The molecule has 0 saturated carbocycles. The fourth-order valence-corrected chi connectivity index (χ4v) is 2.21. The van der Waals surface area contributed by atoms with Gasteiger partial charge in [0.1, 0.15) is 5.82 Å². The van der Waals surface area contributed by atoms with E-state index < -0.39 is 0 Å². The van der Waals surface area contributed by atoms with Crippen molar-refractivity contribution in [2.45, 2.75) is 19.3 Å². The van der Waals surface area contributed by atoms with E-state index in [4.69, 9.17) is 0 Å². The maximum atomic E-state index is 11.7. The fourth-order valence-electron chi connectivity index (χ4n) is 2.21.